The summed E-state index contributed by atoms with van der Waals surface area (Å²) in [6, 6.07) is 9.73. The summed E-state index contributed by atoms with van der Waals surface area (Å²) in [6.45, 7) is 4.70. The number of rotatable bonds is 8. The van der Waals surface area contributed by atoms with Crippen LogP contribution in [0.1, 0.15) is 48.3 Å². The first-order valence-corrected chi connectivity index (χ1v) is 11.9. The third-order valence-electron chi connectivity index (χ3n) is 6.34. The van der Waals surface area contributed by atoms with Crippen molar-refractivity contribution in [3.63, 3.8) is 0 Å². The molecule has 3 heterocycles. The Bertz CT molecular complexity index is 1330. The van der Waals surface area contributed by atoms with Gasteiger partial charge < -0.3 is 24.0 Å². The molecule has 5 rings (SSSR count). The molecule has 0 radical (unpaired) electrons. The lowest BCUT2D eigenvalue weighted by atomic mass is 10.2. The van der Waals surface area contributed by atoms with Crippen LogP contribution < -0.4 is 18.9 Å². The lowest BCUT2D eigenvalue weighted by molar-refractivity contribution is -0.605. The van der Waals surface area contributed by atoms with Crippen molar-refractivity contribution in [3.8, 4) is 17.5 Å². The highest BCUT2D eigenvalue weighted by atomic mass is 16.5. The molecule has 1 aliphatic rings. The van der Waals surface area contributed by atoms with Crippen molar-refractivity contribution in [2.24, 2.45) is 0 Å². The number of nitrogens with zero attached hydrogens (tertiary/aromatic N) is 5. The zero-order chi connectivity index (χ0) is 24.4. The number of ether oxygens (including phenoxy) is 3. The second-order valence-corrected chi connectivity index (χ2v) is 8.87. The first-order valence-electron chi connectivity index (χ1n) is 11.9. The van der Waals surface area contributed by atoms with Gasteiger partial charge in [-0.05, 0) is 57.2 Å². The molecule has 35 heavy (non-hydrogen) atoms. The molecule has 0 spiro atoms. The van der Waals surface area contributed by atoms with Crippen LogP contribution in [0.25, 0.3) is 11.2 Å². The topological polar surface area (TPSA) is 98.2 Å². The predicted molar refractivity (Wildman–Crippen MR) is 130 cm³/mol. The number of hydrogen-bond donors (Lipinski definition) is 0. The zero-order valence-corrected chi connectivity index (χ0v) is 20.2. The molecule has 0 amide bonds. The maximum absolute atomic E-state index is 11.2. The summed E-state index contributed by atoms with van der Waals surface area (Å²) in [5.41, 5.74) is 4.13. The third kappa shape index (κ3) is 4.99. The Hall–Kier alpha value is -3.88. The van der Waals surface area contributed by atoms with Gasteiger partial charge in [0.15, 0.2) is 29.5 Å². The van der Waals surface area contributed by atoms with Crippen LogP contribution in [0.5, 0.6) is 17.5 Å². The summed E-state index contributed by atoms with van der Waals surface area (Å²) in [5.74, 6) is 2.35. The number of hydrogen-bond acceptors (Lipinski definition) is 7. The van der Waals surface area contributed by atoms with Gasteiger partial charge in [0.2, 0.25) is 0 Å². The van der Waals surface area contributed by atoms with E-state index in [0.717, 1.165) is 57.2 Å². The lowest BCUT2D eigenvalue weighted by Gasteiger charge is -2.17. The summed E-state index contributed by atoms with van der Waals surface area (Å²) in [6.07, 6.45) is 7.69. The smallest absolute Gasteiger partial charge is 0.319 e. The molecule has 0 aliphatic heterocycles. The van der Waals surface area contributed by atoms with Crippen LogP contribution >= 0.6 is 0 Å². The first-order chi connectivity index (χ1) is 17.0. The Morgan fingerprint density at radius 3 is 2.51 bits per heavy atom. The average Bonchev–Trinajstić information content (AvgIpc) is 3.47. The van der Waals surface area contributed by atoms with E-state index in [9.17, 15) is 5.21 Å². The molecule has 0 unspecified atom stereocenters. The molecule has 1 saturated carbocycles. The Morgan fingerprint density at radius 2 is 1.77 bits per heavy atom. The molecule has 0 N–H and O–H groups in total. The van der Waals surface area contributed by atoms with Crippen LogP contribution in [-0.2, 0) is 13.2 Å². The lowest BCUT2D eigenvalue weighted by Crippen LogP contribution is -2.23. The molecule has 4 aromatic rings. The average molecular weight is 476 g/mol. The van der Waals surface area contributed by atoms with Gasteiger partial charge in [0, 0.05) is 17.7 Å². The summed E-state index contributed by atoms with van der Waals surface area (Å²) >= 11 is 0. The van der Waals surface area contributed by atoms with Gasteiger partial charge in [-0.15, -0.1) is 0 Å². The van der Waals surface area contributed by atoms with E-state index < -0.39 is 0 Å². The first kappa shape index (κ1) is 22.9. The number of methoxy groups -OCH3 is 1. The fourth-order valence-electron chi connectivity index (χ4n) is 4.44. The van der Waals surface area contributed by atoms with E-state index in [0.29, 0.717) is 12.2 Å². The molecular weight excluding hydrogens is 446 g/mol. The van der Waals surface area contributed by atoms with E-state index >= 15 is 0 Å². The molecule has 0 saturated heterocycles. The molecule has 182 valence electrons. The van der Waals surface area contributed by atoms with Crippen molar-refractivity contribution in [1.82, 2.24) is 19.5 Å². The minimum absolute atomic E-state index is 0.244. The standard InChI is InChI=1S/C26H29N5O4/c1-17-24-25(29-26(27-17)34-16-19-10-12-30(32)13-11-19)31(18(2)28-24)15-20-8-9-22(33-3)23(14-20)35-21-6-4-5-7-21/h8-14,21H,4-7,15-16H2,1-3H3. The Labute approximate surface area is 203 Å². The van der Waals surface area contributed by atoms with Gasteiger partial charge in [0.25, 0.3) is 0 Å². The minimum Gasteiger partial charge on any atom is -0.619 e. The summed E-state index contributed by atoms with van der Waals surface area (Å²) in [5, 5.41) is 11.2. The fraction of sp³-hybridized carbons (Fsp3) is 0.385. The molecule has 0 bridgehead atoms. The molecular formula is C26H29N5O4. The normalized spacial score (nSPS) is 13.9. The minimum atomic E-state index is 0.244. The number of benzene rings is 1. The Balaban J connectivity index is 1.41. The highest BCUT2D eigenvalue weighted by molar-refractivity contribution is 5.74. The molecule has 3 aromatic heterocycles. The molecule has 1 aliphatic carbocycles. The second kappa shape index (κ2) is 9.77. The van der Waals surface area contributed by atoms with E-state index in [-0.39, 0.29) is 18.7 Å². The van der Waals surface area contributed by atoms with Gasteiger partial charge in [-0.3, -0.25) is 0 Å². The van der Waals surface area contributed by atoms with Gasteiger partial charge in [-0.2, -0.15) is 14.7 Å². The largest absolute Gasteiger partial charge is 0.619 e. The van der Waals surface area contributed by atoms with Crippen molar-refractivity contribution in [3.05, 3.63) is 70.6 Å². The van der Waals surface area contributed by atoms with Gasteiger partial charge in [-0.25, -0.2) is 4.98 Å². The van der Waals surface area contributed by atoms with Crippen LogP contribution in [0.15, 0.2) is 42.7 Å². The quantitative estimate of drug-likeness (QED) is 0.280. The number of aryl methyl sites for hydroxylation is 2. The van der Waals surface area contributed by atoms with Crippen molar-refractivity contribution in [2.75, 3.05) is 7.11 Å². The summed E-state index contributed by atoms with van der Waals surface area (Å²) in [7, 11) is 1.67. The second-order valence-electron chi connectivity index (χ2n) is 8.87. The van der Waals surface area contributed by atoms with Gasteiger partial charge in [0.1, 0.15) is 17.9 Å². The monoisotopic (exact) mass is 475 g/mol. The third-order valence-corrected chi connectivity index (χ3v) is 6.34. The van der Waals surface area contributed by atoms with Gasteiger partial charge in [0.05, 0.1) is 25.5 Å². The maximum atomic E-state index is 11.2. The zero-order valence-electron chi connectivity index (χ0n) is 20.2. The Kier molecular flexibility index (Phi) is 6.39. The SMILES string of the molecule is COc1ccc(Cn2c(C)nc3c(C)nc(OCc4cc[n+]([O-])cc4)nc32)cc1OC1CCCC1. The molecule has 9 nitrogen and oxygen atoms in total. The van der Waals surface area contributed by atoms with Crippen molar-refractivity contribution < 1.29 is 18.9 Å². The summed E-state index contributed by atoms with van der Waals surface area (Å²) < 4.78 is 20.5. The van der Waals surface area contributed by atoms with Crippen LogP contribution in [0.2, 0.25) is 0 Å². The van der Waals surface area contributed by atoms with Crippen LogP contribution in [-0.4, -0.2) is 32.7 Å². The van der Waals surface area contributed by atoms with E-state index in [1.165, 1.54) is 25.2 Å². The van der Waals surface area contributed by atoms with Crippen molar-refractivity contribution in [1.29, 1.82) is 0 Å². The molecule has 0 atom stereocenters. The fourth-order valence-corrected chi connectivity index (χ4v) is 4.44. The number of imidazole rings is 1. The van der Waals surface area contributed by atoms with E-state index in [2.05, 4.69) is 14.5 Å². The Morgan fingerprint density at radius 1 is 1.00 bits per heavy atom. The number of aromatic nitrogens is 5. The molecule has 1 aromatic carbocycles. The van der Waals surface area contributed by atoms with E-state index in [1.807, 2.05) is 32.0 Å². The van der Waals surface area contributed by atoms with Crippen LogP contribution in [0.4, 0.5) is 0 Å². The van der Waals surface area contributed by atoms with Crippen LogP contribution in [0.3, 0.4) is 0 Å². The van der Waals surface area contributed by atoms with Crippen molar-refractivity contribution in [2.45, 2.75) is 58.8 Å². The van der Waals surface area contributed by atoms with Gasteiger partial charge in [-0.1, -0.05) is 6.07 Å². The predicted octanol–water partition coefficient (Wildman–Crippen LogP) is 4.03. The molecule has 9 heteroatoms. The highest BCUT2D eigenvalue weighted by Gasteiger charge is 2.20. The van der Waals surface area contributed by atoms with E-state index in [1.54, 1.807) is 19.2 Å². The molecule has 1 fully saturated rings. The van der Waals surface area contributed by atoms with Crippen molar-refractivity contribution >= 4 is 11.2 Å². The van der Waals surface area contributed by atoms with E-state index in [4.69, 9.17) is 19.2 Å². The highest BCUT2D eigenvalue weighted by Crippen LogP contribution is 2.33. The number of pyridine rings is 1. The summed E-state index contributed by atoms with van der Waals surface area (Å²) in [4.78, 5) is 13.9. The maximum Gasteiger partial charge on any atom is 0.319 e. The van der Waals surface area contributed by atoms with Gasteiger partial charge >= 0.3 is 6.01 Å². The van der Waals surface area contributed by atoms with Crippen LogP contribution in [0, 0.1) is 19.1 Å². The number of fused-ring (bicyclic) bond motifs is 1.